The molecule has 0 N–H and O–H groups in total. The molecule has 0 atom stereocenters. The highest BCUT2D eigenvalue weighted by molar-refractivity contribution is 9.08. The van der Waals surface area contributed by atoms with E-state index in [1.165, 1.54) is 7.11 Å². The molecule has 0 aliphatic heterocycles. The van der Waals surface area contributed by atoms with Crippen molar-refractivity contribution in [3.05, 3.63) is 82.9 Å². The fourth-order valence-electron chi connectivity index (χ4n) is 2.90. The number of alkyl halides is 1. The van der Waals surface area contributed by atoms with Crippen LogP contribution in [0.3, 0.4) is 0 Å². The van der Waals surface area contributed by atoms with Gasteiger partial charge in [-0.3, -0.25) is 4.79 Å². The molecular formula is C20H15BrO3. The first-order chi connectivity index (χ1) is 11.7. The van der Waals surface area contributed by atoms with Crippen molar-refractivity contribution >= 4 is 27.7 Å². The monoisotopic (exact) mass is 382 g/mol. The molecule has 120 valence electrons. The summed E-state index contributed by atoms with van der Waals surface area (Å²) in [6.45, 7) is 0. The Balaban J connectivity index is 2.32. The number of halogens is 1. The second-order valence-corrected chi connectivity index (χ2v) is 5.85. The van der Waals surface area contributed by atoms with Crippen molar-refractivity contribution < 1.29 is 14.3 Å². The third-order valence-corrected chi connectivity index (χ3v) is 4.53. The fraction of sp³-hybridized carbons (Fsp3) is 0.100. The molecule has 3 rings (SSSR count). The second-order valence-electron chi connectivity index (χ2n) is 5.29. The molecule has 0 bridgehead atoms. The zero-order chi connectivity index (χ0) is 17.1. The summed E-state index contributed by atoms with van der Waals surface area (Å²) in [6, 6.07) is 18.4. The summed E-state index contributed by atoms with van der Waals surface area (Å²) < 4.78 is 4.95. The Labute approximate surface area is 148 Å². The van der Waals surface area contributed by atoms with Gasteiger partial charge in [0, 0.05) is 16.5 Å². The molecule has 0 aromatic heterocycles. The number of carbonyl (C=O) groups excluding carboxylic acids is 2. The highest BCUT2D eigenvalue weighted by Crippen LogP contribution is 2.39. The van der Waals surface area contributed by atoms with E-state index in [0.717, 1.165) is 11.1 Å². The van der Waals surface area contributed by atoms with Gasteiger partial charge in [0.2, 0.25) is 0 Å². The Bertz CT molecular complexity index is 871. The van der Waals surface area contributed by atoms with Crippen LogP contribution in [0.1, 0.15) is 31.8 Å². The Morgan fingerprint density at radius 1 is 0.875 bits per heavy atom. The van der Waals surface area contributed by atoms with E-state index in [-0.39, 0.29) is 5.78 Å². The number of ether oxygens (including phenoxy) is 1. The predicted octanol–water partition coefficient (Wildman–Crippen LogP) is 4.70. The minimum atomic E-state index is -0.437. The van der Waals surface area contributed by atoms with Gasteiger partial charge in [-0.25, -0.2) is 4.79 Å². The number of ketones is 1. The number of carbonyl (C=O) groups is 2. The lowest BCUT2D eigenvalue weighted by Gasteiger charge is -2.04. The van der Waals surface area contributed by atoms with Crippen LogP contribution < -0.4 is 0 Å². The quantitative estimate of drug-likeness (QED) is 0.373. The van der Waals surface area contributed by atoms with Crippen LogP contribution in [0.25, 0.3) is 11.1 Å². The molecule has 2 aliphatic rings. The van der Waals surface area contributed by atoms with E-state index >= 15 is 0 Å². The zero-order valence-corrected chi connectivity index (χ0v) is 14.7. The van der Waals surface area contributed by atoms with Crippen molar-refractivity contribution in [1.82, 2.24) is 0 Å². The molecular weight excluding hydrogens is 368 g/mol. The third kappa shape index (κ3) is 2.74. The summed E-state index contributed by atoms with van der Waals surface area (Å²) >= 11 is 3.43. The summed E-state index contributed by atoms with van der Waals surface area (Å²) in [6.07, 6.45) is 0. The number of benzene rings is 1. The number of rotatable bonds is 4. The average molecular weight is 383 g/mol. The van der Waals surface area contributed by atoms with E-state index in [1.54, 1.807) is 12.1 Å². The topological polar surface area (TPSA) is 43.4 Å². The third-order valence-electron chi connectivity index (χ3n) is 3.97. The van der Waals surface area contributed by atoms with Gasteiger partial charge in [0.15, 0.2) is 5.78 Å². The first kappa shape index (κ1) is 16.4. The smallest absolute Gasteiger partial charge is 0.338 e. The van der Waals surface area contributed by atoms with Gasteiger partial charge in [0.1, 0.15) is 0 Å². The summed E-state index contributed by atoms with van der Waals surface area (Å²) in [5, 5.41) is 0.393. The lowest BCUT2D eigenvalue weighted by Crippen LogP contribution is -2.06. The SMILES string of the molecule is COC(=O)c1c2cccccc-2c(C(=O)c2ccccc2)c1CBr. The van der Waals surface area contributed by atoms with Crippen LogP contribution in [0.5, 0.6) is 0 Å². The van der Waals surface area contributed by atoms with E-state index in [4.69, 9.17) is 4.74 Å². The molecule has 3 nitrogen and oxygen atoms in total. The van der Waals surface area contributed by atoms with Gasteiger partial charge in [0.05, 0.1) is 12.7 Å². The van der Waals surface area contributed by atoms with Crippen molar-refractivity contribution in [1.29, 1.82) is 0 Å². The van der Waals surface area contributed by atoms with Crippen LogP contribution in [0, 0.1) is 0 Å². The van der Waals surface area contributed by atoms with E-state index in [2.05, 4.69) is 15.9 Å². The highest BCUT2D eigenvalue weighted by atomic mass is 79.9. The number of hydrogen-bond acceptors (Lipinski definition) is 3. The fourth-order valence-corrected chi connectivity index (χ4v) is 3.46. The first-order valence-corrected chi connectivity index (χ1v) is 8.58. The number of fused-ring (bicyclic) bond motifs is 1. The largest absolute Gasteiger partial charge is 0.465 e. The van der Waals surface area contributed by atoms with Crippen molar-refractivity contribution in [2.75, 3.05) is 7.11 Å². The molecule has 2 aliphatic carbocycles. The highest BCUT2D eigenvalue weighted by Gasteiger charge is 2.30. The average Bonchev–Trinajstić information content (AvgIpc) is 2.76. The van der Waals surface area contributed by atoms with E-state index in [9.17, 15) is 9.59 Å². The summed E-state index contributed by atoms with van der Waals surface area (Å²) in [5.74, 6) is -0.538. The molecule has 0 heterocycles. The van der Waals surface area contributed by atoms with Crippen LogP contribution in [0.2, 0.25) is 0 Å². The molecule has 4 heteroatoms. The minimum Gasteiger partial charge on any atom is -0.465 e. The van der Waals surface area contributed by atoms with Crippen LogP contribution in [0.15, 0.2) is 60.7 Å². The van der Waals surface area contributed by atoms with Gasteiger partial charge in [-0.05, 0) is 16.7 Å². The lowest BCUT2D eigenvalue weighted by atomic mass is 9.99. The Kier molecular flexibility index (Phi) is 4.76. The van der Waals surface area contributed by atoms with Crippen molar-refractivity contribution in [3.8, 4) is 11.1 Å². The van der Waals surface area contributed by atoms with Crippen molar-refractivity contribution in [2.45, 2.75) is 5.33 Å². The first-order valence-electron chi connectivity index (χ1n) is 7.46. The molecule has 0 saturated carbocycles. The summed E-state index contributed by atoms with van der Waals surface area (Å²) in [7, 11) is 1.35. The van der Waals surface area contributed by atoms with Crippen LogP contribution >= 0.6 is 15.9 Å². The zero-order valence-electron chi connectivity index (χ0n) is 13.1. The van der Waals surface area contributed by atoms with Gasteiger partial charge in [0.25, 0.3) is 0 Å². The van der Waals surface area contributed by atoms with Gasteiger partial charge >= 0.3 is 5.97 Å². The van der Waals surface area contributed by atoms with Gasteiger partial charge in [-0.15, -0.1) is 0 Å². The van der Waals surface area contributed by atoms with Gasteiger partial charge in [-0.2, -0.15) is 0 Å². The number of esters is 1. The molecule has 24 heavy (non-hydrogen) atoms. The molecule has 0 saturated heterocycles. The maximum Gasteiger partial charge on any atom is 0.338 e. The van der Waals surface area contributed by atoms with Crippen LogP contribution in [-0.2, 0) is 10.1 Å². The number of hydrogen-bond donors (Lipinski definition) is 0. The summed E-state index contributed by atoms with van der Waals surface area (Å²) in [5.41, 5.74) is 3.72. The Morgan fingerprint density at radius 2 is 1.42 bits per heavy atom. The lowest BCUT2D eigenvalue weighted by molar-refractivity contribution is 0.0601. The molecule has 0 unspecified atom stereocenters. The van der Waals surface area contributed by atoms with E-state index < -0.39 is 5.97 Å². The van der Waals surface area contributed by atoms with Crippen LogP contribution in [0.4, 0.5) is 0 Å². The van der Waals surface area contributed by atoms with Crippen molar-refractivity contribution in [3.63, 3.8) is 0 Å². The molecule has 0 radical (unpaired) electrons. The second kappa shape index (κ2) is 6.97. The van der Waals surface area contributed by atoms with E-state index in [1.807, 2.05) is 48.5 Å². The van der Waals surface area contributed by atoms with Crippen LogP contribution in [-0.4, -0.2) is 18.9 Å². The molecule has 1 aromatic carbocycles. The normalized spacial score (nSPS) is 10.6. The maximum absolute atomic E-state index is 13.1. The number of methoxy groups -OCH3 is 1. The van der Waals surface area contributed by atoms with E-state index in [0.29, 0.717) is 27.6 Å². The molecule has 1 aromatic rings. The predicted molar refractivity (Wildman–Crippen MR) is 96.9 cm³/mol. The minimum absolute atomic E-state index is 0.101. The van der Waals surface area contributed by atoms with Gasteiger partial charge in [-0.1, -0.05) is 76.6 Å². The molecule has 0 spiro atoms. The van der Waals surface area contributed by atoms with Gasteiger partial charge < -0.3 is 4.74 Å². The molecule has 0 amide bonds. The molecule has 0 fully saturated rings. The Hall–Kier alpha value is -2.46. The summed E-state index contributed by atoms with van der Waals surface area (Å²) in [4.78, 5) is 25.4. The maximum atomic E-state index is 13.1. The standard InChI is InChI=1S/C20H15BrO3/c1-24-20(23)18-15-11-7-3-6-10-14(15)17(16(18)12-21)19(22)13-8-4-2-5-9-13/h2-11H,12H2,1H3. The van der Waals surface area contributed by atoms with Crippen molar-refractivity contribution in [2.24, 2.45) is 0 Å². The Morgan fingerprint density at radius 3 is 1.96 bits per heavy atom.